The molecule has 108 valence electrons. The van der Waals surface area contributed by atoms with Crippen molar-refractivity contribution in [2.24, 2.45) is 0 Å². The summed E-state index contributed by atoms with van der Waals surface area (Å²) in [6.45, 7) is 1.55. The van der Waals surface area contributed by atoms with Crippen LogP contribution in [0.2, 0.25) is 0 Å². The van der Waals surface area contributed by atoms with E-state index in [1.54, 1.807) is 19.1 Å². The Labute approximate surface area is 138 Å². The Balaban J connectivity index is 2.40. The molecule has 0 aliphatic carbocycles. The molecule has 1 aromatic carbocycles. The molecule has 8 heteroatoms. The van der Waals surface area contributed by atoms with Gasteiger partial charge in [0.2, 0.25) is 0 Å². The molecular weight excluding hydrogens is 430 g/mol. The average molecular weight is 441 g/mol. The zero-order valence-electron chi connectivity index (χ0n) is 10.4. The third kappa shape index (κ3) is 3.43. The number of benzene rings is 1. The molecule has 0 saturated heterocycles. The van der Waals surface area contributed by atoms with Crippen LogP contribution in [0, 0.1) is 6.92 Å². The van der Waals surface area contributed by atoms with Crippen molar-refractivity contribution in [3.63, 3.8) is 0 Å². The minimum atomic E-state index is -3.67. The molecule has 0 unspecified atom stereocenters. The molecule has 0 aliphatic heterocycles. The molecule has 0 bridgehead atoms. The lowest BCUT2D eigenvalue weighted by molar-refractivity contribution is 0.285. The maximum absolute atomic E-state index is 12.4. The second kappa shape index (κ2) is 6.15. The van der Waals surface area contributed by atoms with Crippen molar-refractivity contribution in [3.05, 3.63) is 43.0 Å². The van der Waals surface area contributed by atoms with E-state index in [9.17, 15) is 8.42 Å². The Morgan fingerprint density at radius 3 is 2.60 bits per heavy atom. The Kier molecular flexibility index (Phi) is 4.91. The van der Waals surface area contributed by atoms with Crippen molar-refractivity contribution in [1.29, 1.82) is 0 Å². The van der Waals surface area contributed by atoms with Gasteiger partial charge in [-0.3, -0.25) is 4.72 Å². The summed E-state index contributed by atoms with van der Waals surface area (Å²) in [7, 11) is -3.67. The molecule has 0 radical (unpaired) electrons. The largest absolute Gasteiger partial charge is 0.391 e. The maximum Gasteiger partial charge on any atom is 0.263 e. The van der Waals surface area contributed by atoms with Crippen molar-refractivity contribution in [2.45, 2.75) is 18.4 Å². The summed E-state index contributed by atoms with van der Waals surface area (Å²) in [5.41, 5.74) is 0.454. The molecule has 1 aromatic heterocycles. The van der Waals surface area contributed by atoms with Gasteiger partial charge in [0.15, 0.2) is 0 Å². The molecular formula is C12H11Br2NO3S2. The van der Waals surface area contributed by atoms with Gasteiger partial charge in [0, 0.05) is 18.7 Å². The summed E-state index contributed by atoms with van der Waals surface area (Å²) < 4.78 is 28.8. The monoisotopic (exact) mass is 439 g/mol. The number of halogens is 2. The Morgan fingerprint density at radius 1 is 1.30 bits per heavy atom. The van der Waals surface area contributed by atoms with E-state index in [4.69, 9.17) is 5.11 Å². The van der Waals surface area contributed by atoms with Crippen molar-refractivity contribution < 1.29 is 13.5 Å². The number of aryl methyl sites for hydroxylation is 1. The van der Waals surface area contributed by atoms with E-state index in [1.165, 1.54) is 17.4 Å². The van der Waals surface area contributed by atoms with E-state index in [-0.39, 0.29) is 11.5 Å². The molecule has 0 spiro atoms. The van der Waals surface area contributed by atoms with E-state index in [1.807, 2.05) is 6.07 Å². The molecule has 0 aliphatic rings. The van der Waals surface area contributed by atoms with Gasteiger partial charge in [-0.25, -0.2) is 8.42 Å². The van der Waals surface area contributed by atoms with Crippen molar-refractivity contribution >= 4 is 58.9 Å². The number of sulfonamides is 1. The van der Waals surface area contributed by atoms with Gasteiger partial charge >= 0.3 is 0 Å². The zero-order valence-corrected chi connectivity index (χ0v) is 15.2. The first-order chi connectivity index (χ1) is 9.33. The second-order valence-electron chi connectivity index (χ2n) is 4.02. The SMILES string of the molecule is Cc1sc(CO)cc1S(=O)(=O)Nc1cc(Br)ccc1Br. The lowest BCUT2D eigenvalue weighted by atomic mass is 10.3. The highest BCUT2D eigenvalue weighted by Crippen LogP contribution is 2.31. The number of anilines is 1. The molecule has 0 atom stereocenters. The fourth-order valence-corrected chi connectivity index (χ4v) is 5.05. The average Bonchev–Trinajstić information content (AvgIpc) is 2.76. The van der Waals surface area contributed by atoms with Crippen LogP contribution < -0.4 is 4.72 Å². The highest BCUT2D eigenvalue weighted by Gasteiger charge is 2.21. The van der Waals surface area contributed by atoms with Gasteiger partial charge in [-0.05, 0) is 47.1 Å². The van der Waals surface area contributed by atoms with Gasteiger partial charge in [-0.1, -0.05) is 15.9 Å². The molecule has 1 heterocycles. The number of hydrogen-bond acceptors (Lipinski definition) is 4. The van der Waals surface area contributed by atoms with Crippen LogP contribution in [0.5, 0.6) is 0 Å². The van der Waals surface area contributed by atoms with E-state index in [0.717, 1.165) is 4.47 Å². The molecule has 0 fully saturated rings. The molecule has 20 heavy (non-hydrogen) atoms. The summed E-state index contributed by atoms with van der Waals surface area (Å²) >= 11 is 7.88. The van der Waals surface area contributed by atoms with Crippen LogP contribution in [0.1, 0.15) is 9.75 Å². The minimum absolute atomic E-state index is 0.165. The predicted octanol–water partition coefficient (Wildman–Crippen LogP) is 3.87. The first-order valence-corrected chi connectivity index (χ1v) is 9.40. The van der Waals surface area contributed by atoms with Crippen molar-refractivity contribution in [2.75, 3.05) is 4.72 Å². The van der Waals surface area contributed by atoms with Crippen LogP contribution in [0.3, 0.4) is 0 Å². The Hall–Kier alpha value is -0.410. The first kappa shape index (κ1) is 16.0. The number of nitrogens with one attached hydrogen (secondary N) is 1. The number of hydrogen-bond donors (Lipinski definition) is 2. The molecule has 4 nitrogen and oxygen atoms in total. The molecule has 2 aromatic rings. The van der Waals surface area contributed by atoms with Gasteiger partial charge in [-0.15, -0.1) is 11.3 Å². The van der Waals surface area contributed by atoms with Gasteiger partial charge in [-0.2, -0.15) is 0 Å². The molecule has 0 saturated carbocycles. The van der Waals surface area contributed by atoms with Crippen LogP contribution in [0.15, 0.2) is 38.1 Å². The van der Waals surface area contributed by atoms with E-state index < -0.39 is 10.0 Å². The molecule has 2 rings (SSSR count). The summed E-state index contributed by atoms with van der Waals surface area (Å²) in [4.78, 5) is 1.46. The quantitative estimate of drug-likeness (QED) is 0.758. The van der Waals surface area contributed by atoms with Gasteiger partial charge < -0.3 is 5.11 Å². The van der Waals surface area contributed by atoms with Crippen molar-refractivity contribution in [1.82, 2.24) is 0 Å². The lowest BCUT2D eigenvalue weighted by Crippen LogP contribution is -2.13. The fourth-order valence-electron chi connectivity index (χ4n) is 1.64. The normalized spacial score (nSPS) is 11.6. The summed E-state index contributed by atoms with van der Waals surface area (Å²) in [6, 6.07) is 6.73. The Bertz CT molecular complexity index is 741. The zero-order chi connectivity index (χ0) is 14.9. The van der Waals surface area contributed by atoms with Crippen LogP contribution in [0.4, 0.5) is 5.69 Å². The van der Waals surface area contributed by atoms with E-state index in [0.29, 0.717) is 19.9 Å². The van der Waals surface area contributed by atoms with E-state index in [2.05, 4.69) is 36.6 Å². The molecule has 0 amide bonds. The second-order valence-corrected chi connectivity index (χ2v) is 8.78. The summed E-state index contributed by atoms with van der Waals surface area (Å²) in [5, 5.41) is 9.09. The number of rotatable bonds is 4. The van der Waals surface area contributed by atoms with Crippen LogP contribution >= 0.6 is 43.2 Å². The summed E-state index contributed by atoms with van der Waals surface area (Å²) in [6.07, 6.45) is 0. The fraction of sp³-hybridized carbons (Fsp3) is 0.167. The van der Waals surface area contributed by atoms with Gasteiger partial charge in [0.25, 0.3) is 10.0 Å². The number of aliphatic hydroxyl groups is 1. The lowest BCUT2D eigenvalue weighted by Gasteiger charge is -2.09. The van der Waals surface area contributed by atoms with Crippen LogP contribution in [-0.2, 0) is 16.6 Å². The van der Waals surface area contributed by atoms with Crippen LogP contribution in [-0.4, -0.2) is 13.5 Å². The molecule has 2 N–H and O–H groups in total. The maximum atomic E-state index is 12.4. The topological polar surface area (TPSA) is 66.4 Å². The third-order valence-corrected chi connectivity index (χ3v) is 6.38. The van der Waals surface area contributed by atoms with Crippen LogP contribution in [0.25, 0.3) is 0 Å². The van der Waals surface area contributed by atoms with Gasteiger partial charge in [0.1, 0.15) is 4.90 Å². The van der Waals surface area contributed by atoms with Crippen molar-refractivity contribution in [3.8, 4) is 0 Å². The number of thiophene rings is 1. The first-order valence-electron chi connectivity index (χ1n) is 5.51. The smallest absolute Gasteiger partial charge is 0.263 e. The predicted molar refractivity (Wildman–Crippen MR) is 87.6 cm³/mol. The minimum Gasteiger partial charge on any atom is -0.391 e. The summed E-state index contributed by atoms with van der Waals surface area (Å²) in [5.74, 6) is 0. The van der Waals surface area contributed by atoms with E-state index >= 15 is 0 Å². The highest BCUT2D eigenvalue weighted by molar-refractivity contribution is 9.11. The third-order valence-electron chi connectivity index (χ3n) is 2.54. The van der Waals surface area contributed by atoms with Gasteiger partial charge in [0.05, 0.1) is 12.3 Å². The number of aliphatic hydroxyl groups excluding tert-OH is 1. The standard InChI is InChI=1S/C12H11Br2NO3S2/c1-7-12(5-9(6-16)19-7)20(17,18)15-11-4-8(13)2-3-10(11)14/h2-5,15-16H,6H2,1H3. The Morgan fingerprint density at radius 2 is 2.00 bits per heavy atom. The highest BCUT2D eigenvalue weighted by atomic mass is 79.9.